The number of hydrogen-bond acceptors (Lipinski definition) is 4. The number of ether oxygens (including phenoxy) is 1. The average molecular weight is 387 g/mol. The quantitative estimate of drug-likeness (QED) is 0.580. The second kappa shape index (κ2) is 9.79. The van der Waals surface area contributed by atoms with Crippen molar-refractivity contribution in [3.8, 4) is 12.5 Å². The second-order valence-electron chi connectivity index (χ2n) is 7.72. The Morgan fingerprint density at radius 3 is 2.21 bits per heavy atom. The van der Waals surface area contributed by atoms with Crippen LogP contribution < -0.4 is 10.6 Å². The van der Waals surface area contributed by atoms with E-state index in [-0.39, 0.29) is 6.04 Å². The Kier molecular flexibility index (Phi) is 8.05. The van der Waals surface area contributed by atoms with Gasteiger partial charge in [-0.3, -0.25) is 14.5 Å². The molecule has 0 radical (unpaired) electrons. The predicted molar refractivity (Wildman–Crippen MR) is 107 cm³/mol. The van der Waals surface area contributed by atoms with E-state index in [1.165, 1.54) is 0 Å². The minimum atomic E-state index is -1.01. The third kappa shape index (κ3) is 7.31. The lowest BCUT2D eigenvalue weighted by Gasteiger charge is -2.27. The number of carbonyl (C=O) groups is 3. The van der Waals surface area contributed by atoms with Crippen LogP contribution in [0.3, 0.4) is 0 Å². The molecule has 28 heavy (non-hydrogen) atoms. The van der Waals surface area contributed by atoms with Gasteiger partial charge in [-0.15, -0.1) is 0 Å². The summed E-state index contributed by atoms with van der Waals surface area (Å²) >= 11 is 0. The summed E-state index contributed by atoms with van der Waals surface area (Å²) in [4.78, 5) is 38.2. The van der Waals surface area contributed by atoms with E-state index in [1.54, 1.807) is 32.9 Å². The van der Waals surface area contributed by atoms with Crippen molar-refractivity contribution >= 4 is 17.9 Å². The zero-order valence-corrected chi connectivity index (χ0v) is 17.3. The van der Waals surface area contributed by atoms with E-state index in [2.05, 4.69) is 16.7 Å². The zero-order chi connectivity index (χ0) is 21.5. The molecular weight excluding hydrogens is 358 g/mol. The summed E-state index contributed by atoms with van der Waals surface area (Å²) in [6, 6.07) is 8.30. The molecule has 1 aromatic carbocycles. The largest absolute Gasteiger partial charge is 0.444 e. The van der Waals surface area contributed by atoms with Gasteiger partial charge in [-0.05, 0) is 47.1 Å². The van der Waals surface area contributed by atoms with E-state index in [4.69, 9.17) is 11.2 Å². The highest BCUT2D eigenvalue weighted by Gasteiger charge is 2.31. The number of alkyl carbamates (subject to hydrolysis) is 1. The van der Waals surface area contributed by atoms with Gasteiger partial charge in [0, 0.05) is 12.1 Å². The van der Waals surface area contributed by atoms with Gasteiger partial charge in [-0.2, -0.15) is 0 Å². The molecular formula is C21H29N3O4. The second-order valence-corrected chi connectivity index (χ2v) is 7.72. The fraction of sp³-hybridized carbons (Fsp3) is 0.476. The van der Waals surface area contributed by atoms with Gasteiger partial charge in [0.15, 0.2) is 0 Å². The molecule has 1 atom stereocenters. The standard InChI is InChI=1S/C21H29N3O4/c1-8-24(17(25)13-22-20(27)28-21(5,6)7)18(19(26)23-14(2)3)16-11-9-15(4)10-12-16/h1,9-12,14,18H,13H2,2-7H3,(H,22,27)(H,23,26). The van der Waals surface area contributed by atoms with Crippen LogP contribution in [0.2, 0.25) is 0 Å². The Labute approximate surface area is 166 Å². The number of hydrogen-bond donors (Lipinski definition) is 2. The van der Waals surface area contributed by atoms with Crippen LogP contribution in [0.25, 0.3) is 0 Å². The minimum Gasteiger partial charge on any atom is -0.444 e. The van der Waals surface area contributed by atoms with Crippen LogP contribution in [0, 0.1) is 19.4 Å². The number of amides is 3. The van der Waals surface area contributed by atoms with Crippen molar-refractivity contribution in [2.45, 2.75) is 59.2 Å². The Bertz CT molecular complexity index is 742. The lowest BCUT2D eigenvalue weighted by molar-refractivity contribution is -0.136. The number of rotatable bonds is 6. The first kappa shape index (κ1) is 23.0. The number of nitrogens with one attached hydrogen (secondary N) is 2. The summed E-state index contributed by atoms with van der Waals surface area (Å²) in [5.41, 5.74) is 0.893. The van der Waals surface area contributed by atoms with Crippen LogP contribution in [0.5, 0.6) is 0 Å². The lowest BCUT2D eigenvalue weighted by atomic mass is 10.0. The van der Waals surface area contributed by atoms with Gasteiger partial charge in [0.2, 0.25) is 5.91 Å². The molecule has 0 aliphatic rings. The first-order valence-electron chi connectivity index (χ1n) is 9.06. The van der Waals surface area contributed by atoms with Crippen molar-refractivity contribution in [2.24, 2.45) is 0 Å². The van der Waals surface area contributed by atoms with Crippen molar-refractivity contribution < 1.29 is 19.1 Å². The van der Waals surface area contributed by atoms with E-state index >= 15 is 0 Å². The van der Waals surface area contributed by atoms with Crippen molar-refractivity contribution in [1.82, 2.24) is 15.5 Å². The Morgan fingerprint density at radius 1 is 1.18 bits per heavy atom. The molecule has 0 saturated carbocycles. The third-order valence-corrected chi connectivity index (χ3v) is 3.52. The van der Waals surface area contributed by atoms with Crippen molar-refractivity contribution in [1.29, 1.82) is 0 Å². The number of nitrogens with zero attached hydrogens (tertiary/aromatic N) is 1. The molecule has 1 rings (SSSR count). The minimum absolute atomic E-state index is 0.130. The van der Waals surface area contributed by atoms with Gasteiger partial charge >= 0.3 is 6.09 Å². The van der Waals surface area contributed by atoms with E-state index in [1.807, 2.05) is 32.9 Å². The third-order valence-electron chi connectivity index (χ3n) is 3.52. The highest BCUT2D eigenvalue weighted by Crippen LogP contribution is 2.22. The highest BCUT2D eigenvalue weighted by molar-refractivity contribution is 5.91. The van der Waals surface area contributed by atoms with Crippen LogP contribution in [0.4, 0.5) is 4.79 Å². The Balaban J connectivity index is 3.03. The lowest BCUT2D eigenvalue weighted by Crippen LogP contribution is -2.46. The monoisotopic (exact) mass is 387 g/mol. The molecule has 7 nitrogen and oxygen atoms in total. The average Bonchev–Trinajstić information content (AvgIpc) is 2.56. The smallest absolute Gasteiger partial charge is 0.408 e. The van der Waals surface area contributed by atoms with Crippen molar-refractivity contribution in [3.05, 3.63) is 35.4 Å². The zero-order valence-electron chi connectivity index (χ0n) is 17.3. The fourth-order valence-corrected chi connectivity index (χ4v) is 2.37. The number of aryl methyl sites for hydroxylation is 1. The molecule has 0 spiro atoms. The first-order chi connectivity index (χ1) is 12.9. The molecule has 1 unspecified atom stereocenters. The molecule has 0 saturated heterocycles. The Morgan fingerprint density at radius 2 is 1.75 bits per heavy atom. The molecule has 0 fully saturated rings. The maximum Gasteiger partial charge on any atom is 0.408 e. The van der Waals surface area contributed by atoms with Gasteiger partial charge in [0.25, 0.3) is 5.91 Å². The molecule has 152 valence electrons. The fourth-order valence-electron chi connectivity index (χ4n) is 2.37. The molecule has 0 aliphatic heterocycles. The summed E-state index contributed by atoms with van der Waals surface area (Å²) in [5, 5.41) is 5.15. The van der Waals surface area contributed by atoms with Crippen LogP contribution in [-0.2, 0) is 14.3 Å². The normalized spacial score (nSPS) is 11.9. The highest BCUT2D eigenvalue weighted by atomic mass is 16.6. The van der Waals surface area contributed by atoms with E-state index in [0.29, 0.717) is 5.56 Å². The Hall–Kier alpha value is -3.01. The molecule has 1 aromatic rings. The molecule has 2 N–H and O–H groups in total. The maximum absolute atomic E-state index is 12.8. The topological polar surface area (TPSA) is 87.7 Å². The van der Waals surface area contributed by atoms with E-state index < -0.39 is 36.1 Å². The summed E-state index contributed by atoms with van der Waals surface area (Å²) in [6.45, 7) is 10.3. The molecule has 3 amide bonds. The molecule has 0 heterocycles. The van der Waals surface area contributed by atoms with E-state index in [9.17, 15) is 14.4 Å². The molecule has 0 bridgehead atoms. The maximum atomic E-state index is 12.8. The number of terminal acetylenes is 1. The van der Waals surface area contributed by atoms with Crippen LogP contribution in [0.1, 0.15) is 51.8 Å². The van der Waals surface area contributed by atoms with Gasteiger partial charge in [0.1, 0.15) is 18.2 Å². The van der Waals surface area contributed by atoms with Gasteiger partial charge in [0.05, 0.1) is 0 Å². The number of carbonyl (C=O) groups excluding carboxylic acids is 3. The van der Waals surface area contributed by atoms with Gasteiger partial charge < -0.3 is 15.4 Å². The predicted octanol–water partition coefficient (Wildman–Crippen LogP) is 2.50. The first-order valence-corrected chi connectivity index (χ1v) is 9.06. The molecule has 0 aromatic heterocycles. The SMILES string of the molecule is C#CN(C(=O)CNC(=O)OC(C)(C)C)C(C(=O)NC(C)C)c1ccc(C)cc1. The summed E-state index contributed by atoms with van der Waals surface area (Å²) < 4.78 is 5.11. The van der Waals surface area contributed by atoms with Gasteiger partial charge in [-0.25, -0.2) is 4.79 Å². The summed E-state index contributed by atoms with van der Waals surface area (Å²) in [5.74, 6) is -1.000. The van der Waals surface area contributed by atoms with E-state index in [0.717, 1.165) is 10.5 Å². The number of benzene rings is 1. The summed E-state index contributed by atoms with van der Waals surface area (Å²) in [6.07, 6.45) is 4.81. The van der Waals surface area contributed by atoms with Crippen molar-refractivity contribution in [2.75, 3.05) is 6.54 Å². The van der Waals surface area contributed by atoms with Crippen molar-refractivity contribution in [3.63, 3.8) is 0 Å². The summed E-state index contributed by atoms with van der Waals surface area (Å²) in [7, 11) is 0. The van der Waals surface area contributed by atoms with Crippen LogP contribution in [-0.4, -0.2) is 41.0 Å². The molecule has 7 heteroatoms. The molecule has 0 aliphatic carbocycles. The van der Waals surface area contributed by atoms with Crippen LogP contribution in [0.15, 0.2) is 24.3 Å². The van der Waals surface area contributed by atoms with Gasteiger partial charge in [-0.1, -0.05) is 36.3 Å². The van der Waals surface area contributed by atoms with Crippen LogP contribution >= 0.6 is 0 Å².